The summed E-state index contributed by atoms with van der Waals surface area (Å²) in [6.45, 7) is 3.83. The second-order valence-electron chi connectivity index (χ2n) is 4.73. The van der Waals surface area contributed by atoms with Crippen LogP contribution in [0.4, 0.5) is 4.39 Å². The Morgan fingerprint density at radius 3 is 2.74 bits per heavy atom. The summed E-state index contributed by atoms with van der Waals surface area (Å²) in [4.78, 5) is 11.8. The molecule has 1 rings (SSSR count). The van der Waals surface area contributed by atoms with E-state index in [1.54, 1.807) is 18.2 Å². The van der Waals surface area contributed by atoms with Crippen LogP contribution in [0.3, 0.4) is 0 Å². The second-order valence-corrected chi connectivity index (χ2v) is 4.73. The molecule has 4 heteroatoms. The molecule has 1 unspecified atom stereocenters. The Bertz CT molecular complexity index is 459. The molecule has 0 radical (unpaired) electrons. The van der Waals surface area contributed by atoms with Crippen molar-refractivity contribution < 1.29 is 14.3 Å². The lowest BCUT2D eigenvalue weighted by Gasteiger charge is -2.28. The quantitative estimate of drug-likeness (QED) is 0.776. The molecule has 0 bridgehead atoms. The molecule has 1 amide bonds. The molecule has 0 aliphatic heterocycles. The van der Waals surface area contributed by atoms with Gasteiger partial charge in [0.05, 0.1) is 0 Å². The lowest BCUT2D eigenvalue weighted by Crippen LogP contribution is -2.45. The maximum atomic E-state index is 13.3. The van der Waals surface area contributed by atoms with E-state index in [2.05, 4.69) is 5.32 Å². The largest absolute Gasteiger partial charge is 0.396 e. The molecule has 3 nitrogen and oxygen atoms in total. The molecule has 0 saturated carbocycles. The highest BCUT2D eigenvalue weighted by molar-refractivity contribution is 5.92. The summed E-state index contributed by atoms with van der Waals surface area (Å²) in [5, 5.41) is 11.8. The van der Waals surface area contributed by atoms with E-state index in [0.29, 0.717) is 18.4 Å². The smallest absolute Gasteiger partial charge is 0.244 e. The van der Waals surface area contributed by atoms with Crippen LogP contribution < -0.4 is 5.32 Å². The fraction of sp³-hybridized carbons (Fsp3) is 0.400. The number of hydrogen-bond acceptors (Lipinski definition) is 2. The van der Waals surface area contributed by atoms with E-state index in [-0.39, 0.29) is 18.3 Å². The van der Waals surface area contributed by atoms with Crippen LogP contribution in [0.25, 0.3) is 6.08 Å². The molecule has 1 atom stereocenters. The SMILES string of the molecule is CCC(C)(CCO)NC(=O)/C=C/c1ccccc1F. The molecule has 104 valence electrons. The van der Waals surface area contributed by atoms with Gasteiger partial charge in [-0.25, -0.2) is 4.39 Å². The highest BCUT2D eigenvalue weighted by atomic mass is 19.1. The standard InChI is InChI=1S/C15H20FNO2/c1-3-15(2,10-11-18)17-14(19)9-8-12-6-4-5-7-13(12)16/h4-9,18H,3,10-11H2,1-2H3,(H,17,19)/b9-8+. The predicted octanol–water partition coefficient (Wildman–Crippen LogP) is 2.51. The Labute approximate surface area is 113 Å². The predicted molar refractivity (Wildman–Crippen MR) is 74.0 cm³/mol. The zero-order valence-corrected chi connectivity index (χ0v) is 11.3. The number of carbonyl (C=O) groups excluding carboxylic acids is 1. The van der Waals surface area contributed by atoms with Crippen molar-refractivity contribution in [2.75, 3.05) is 6.61 Å². The molecule has 0 saturated heterocycles. The van der Waals surface area contributed by atoms with Crippen molar-refractivity contribution in [2.45, 2.75) is 32.2 Å². The summed E-state index contributed by atoms with van der Waals surface area (Å²) in [6, 6.07) is 6.26. The van der Waals surface area contributed by atoms with Crippen molar-refractivity contribution in [3.63, 3.8) is 0 Å². The highest BCUT2D eigenvalue weighted by Gasteiger charge is 2.22. The molecule has 1 aromatic carbocycles. The summed E-state index contributed by atoms with van der Waals surface area (Å²) in [5.74, 6) is -0.652. The van der Waals surface area contributed by atoms with Gasteiger partial charge in [-0.3, -0.25) is 4.79 Å². The molecule has 2 N–H and O–H groups in total. The zero-order chi connectivity index (χ0) is 14.3. The molecule has 0 fully saturated rings. The number of carbonyl (C=O) groups is 1. The van der Waals surface area contributed by atoms with E-state index in [9.17, 15) is 9.18 Å². The van der Waals surface area contributed by atoms with Crippen molar-refractivity contribution in [3.05, 3.63) is 41.7 Å². The van der Waals surface area contributed by atoms with Gasteiger partial charge in [0.25, 0.3) is 0 Å². The van der Waals surface area contributed by atoms with Crippen LogP contribution in [0.5, 0.6) is 0 Å². The van der Waals surface area contributed by atoms with Gasteiger partial charge in [0.2, 0.25) is 5.91 Å². The van der Waals surface area contributed by atoms with Gasteiger partial charge in [0.15, 0.2) is 0 Å². The van der Waals surface area contributed by atoms with E-state index in [1.807, 2.05) is 13.8 Å². The monoisotopic (exact) mass is 265 g/mol. The molecule has 0 aliphatic carbocycles. The molecular formula is C15H20FNO2. The maximum absolute atomic E-state index is 13.3. The number of amides is 1. The van der Waals surface area contributed by atoms with E-state index >= 15 is 0 Å². The fourth-order valence-electron chi connectivity index (χ4n) is 1.69. The van der Waals surface area contributed by atoms with Crippen molar-refractivity contribution >= 4 is 12.0 Å². The lowest BCUT2D eigenvalue weighted by atomic mass is 9.95. The van der Waals surface area contributed by atoms with Crippen LogP contribution in [-0.4, -0.2) is 23.2 Å². The number of benzene rings is 1. The third-order valence-electron chi connectivity index (χ3n) is 3.19. The van der Waals surface area contributed by atoms with E-state index < -0.39 is 5.54 Å². The van der Waals surface area contributed by atoms with Gasteiger partial charge in [-0.05, 0) is 31.9 Å². The van der Waals surface area contributed by atoms with Gasteiger partial charge in [-0.1, -0.05) is 25.1 Å². The van der Waals surface area contributed by atoms with Crippen molar-refractivity contribution in [2.24, 2.45) is 0 Å². The molecule has 0 aliphatic rings. The van der Waals surface area contributed by atoms with Crippen molar-refractivity contribution in [3.8, 4) is 0 Å². The van der Waals surface area contributed by atoms with E-state index in [4.69, 9.17) is 5.11 Å². The van der Waals surface area contributed by atoms with Crippen LogP contribution in [0.2, 0.25) is 0 Å². The first kappa shape index (κ1) is 15.4. The fourth-order valence-corrected chi connectivity index (χ4v) is 1.69. The van der Waals surface area contributed by atoms with Crippen LogP contribution in [0.15, 0.2) is 30.3 Å². The number of halogens is 1. The average molecular weight is 265 g/mol. The van der Waals surface area contributed by atoms with E-state index in [0.717, 1.165) is 0 Å². The van der Waals surface area contributed by atoms with Crippen molar-refractivity contribution in [1.82, 2.24) is 5.32 Å². The Morgan fingerprint density at radius 1 is 1.47 bits per heavy atom. The Kier molecular flexibility index (Phi) is 5.70. The van der Waals surface area contributed by atoms with Crippen molar-refractivity contribution in [1.29, 1.82) is 0 Å². The van der Waals surface area contributed by atoms with Gasteiger partial charge >= 0.3 is 0 Å². The van der Waals surface area contributed by atoms with Gasteiger partial charge in [0, 0.05) is 23.8 Å². The van der Waals surface area contributed by atoms with Gasteiger partial charge < -0.3 is 10.4 Å². The highest BCUT2D eigenvalue weighted by Crippen LogP contribution is 2.14. The minimum Gasteiger partial charge on any atom is -0.396 e. The summed E-state index contributed by atoms with van der Waals surface area (Å²) in [6.07, 6.45) is 3.96. The van der Waals surface area contributed by atoms with Crippen LogP contribution in [0, 0.1) is 5.82 Å². The Morgan fingerprint density at radius 2 is 2.16 bits per heavy atom. The lowest BCUT2D eigenvalue weighted by molar-refractivity contribution is -0.118. The first-order valence-electron chi connectivity index (χ1n) is 6.36. The summed E-state index contributed by atoms with van der Waals surface area (Å²) < 4.78 is 13.3. The third-order valence-corrected chi connectivity index (χ3v) is 3.19. The van der Waals surface area contributed by atoms with E-state index in [1.165, 1.54) is 18.2 Å². The zero-order valence-electron chi connectivity index (χ0n) is 11.3. The summed E-state index contributed by atoms with van der Waals surface area (Å²) >= 11 is 0. The number of aliphatic hydroxyl groups is 1. The second kappa shape index (κ2) is 7.04. The topological polar surface area (TPSA) is 49.3 Å². The molecule has 1 aromatic rings. The summed E-state index contributed by atoms with van der Waals surface area (Å²) in [7, 11) is 0. The first-order chi connectivity index (χ1) is 9.00. The molecule has 0 spiro atoms. The number of aliphatic hydroxyl groups excluding tert-OH is 1. The summed E-state index contributed by atoms with van der Waals surface area (Å²) in [5.41, 5.74) is -0.0659. The molecule has 0 heterocycles. The average Bonchev–Trinajstić information content (AvgIpc) is 2.38. The van der Waals surface area contributed by atoms with Crippen LogP contribution in [0.1, 0.15) is 32.3 Å². The normalized spacial score (nSPS) is 14.3. The van der Waals surface area contributed by atoms with Gasteiger partial charge in [0.1, 0.15) is 5.82 Å². The molecular weight excluding hydrogens is 245 g/mol. The molecule has 19 heavy (non-hydrogen) atoms. The van der Waals surface area contributed by atoms with Gasteiger partial charge in [-0.2, -0.15) is 0 Å². The minimum absolute atomic E-state index is 0.0155. The van der Waals surface area contributed by atoms with Gasteiger partial charge in [-0.15, -0.1) is 0 Å². The Balaban J connectivity index is 2.67. The first-order valence-corrected chi connectivity index (χ1v) is 6.36. The molecule has 0 aromatic heterocycles. The maximum Gasteiger partial charge on any atom is 0.244 e. The third kappa shape index (κ3) is 4.83. The number of nitrogens with one attached hydrogen (secondary N) is 1. The minimum atomic E-state index is -0.439. The van der Waals surface area contributed by atoms with Crippen LogP contribution in [-0.2, 0) is 4.79 Å². The number of rotatable bonds is 6. The Hall–Kier alpha value is -1.68. The number of hydrogen-bond donors (Lipinski definition) is 2. The van der Waals surface area contributed by atoms with Crippen LogP contribution >= 0.6 is 0 Å².